The van der Waals surface area contributed by atoms with Crippen molar-refractivity contribution in [1.29, 1.82) is 0 Å². The Morgan fingerprint density at radius 2 is 1.09 bits per heavy atom. The third kappa shape index (κ3) is 9.73. The number of amides is 2. The van der Waals surface area contributed by atoms with Crippen LogP contribution in [-0.4, -0.2) is 25.4 Å². The third-order valence-corrected chi connectivity index (χ3v) is 4.43. The molecule has 0 radical (unpaired) electrons. The van der Waals surface area contributed by atoms with Crippen LogP contribution in [-0.2, 0) is 9.47 Å². The van der Waals surface area contributed by atoms with E-state index in [9.17, 15) is 9.59 Å². The molecule has 2 N–H and O–H groups in total. The number of rotatable bonds is 8. The van der Waals surface area contributed by atoms with E-state index in [4.69, 9.17) is 9.47 Å². The van der Waals surface area contributed by atoms with Crippen molar-refractivity contribution < 1.29 is 19.1 Å². The maximum atomic E-state index is 11.8. The molecule has 32 heavy (non-hydrogen) atoms. The van der Waals surface area contributed by atoms with Gasteiger partial charge in [-0.1, -0.05) is 72.5 Å². The zero-order valence-corrected chi connectivity index (χ0v) is 18.4. The molecule has 0 aliphatic rings. The highest BCUT2D eigenvalue weighted by atomic mass is 16.6. The minimum Gasteiger partial charge on any atom is -0.449 e. The van der Waals surface area contributed by atoms with Crippen molar-refractivity contribution in [3.63, 3.8) is 0 Å². The molecule has 0 fully saturated rings. The fourth-order valence-electron chi connectivity index (χ4n) is 2.69. The van der Waals surface area contributed by atoms with Crippen LogP contribution in [0.25, 0.3) is 0 Å². The number of hydrogen-bond acceptors (Lipinski definition) is 4. The molecular formula is C26H28N2O4. The van der Waals surface area contributed by atoms with E-state index in [1.165, 1.54) is 0 Å². The normalized spacial score (nSPS) is 11.4. The molecule has 166 valence electrons. The molecule has 2 atom stereocenters. The number of carbonyl (C=O) groups is 2. The number of hydrogen-bond donors (Lipinski definition) is 2. The average Bonchev–Trinajstić information content (AvgIpc) is 2.81. The Balaban J connectivity index is 1.53. The number of benzene rings is 2. The first-order valence-corrected chi connectivity index (χ1v) is 10.5. The third-order valence-electron chi connectivity index (χ3n) is 4.43. The fourth-order valence-corrected chi connectivity index (χ4v) is 2.69. The average molecular weight is 433 g/mol. The van der Waals surface area contributed by atoms with E-state index in [0.717, 1.165) is 11.1 Å². The molecule has 6 nitrogen and oxygen atoms in total. The van der Waals surface area contributed by atoms with Gasteiger partial charge in [0.25, 0.3) is 0 Å². The molecule has 0 bridgehead atoms. The van der Waals surface area contributed by atoms with Crippen molar-refractivity contribution in [1.82, 2.24) is 10.6 Å². The Kier molecular flexibility index (Phi) is 10.8. The Labute approximate surface area is 189 Å². The predicted octanol–water partition coefficient (Wildman–Crippen LogP) is 4.75. The van der Waals surface area contributed by atoms with E-state index in [-0.39, 0.29) is 25.3 Å². The largest absolute Gasteiger partial charge is 0.449 e. The SMILES string of the molecule is C[C@H](NC(=O)OCCC#CC#CCCOC(=O)N[C@@H](C)c1ccccc1)c1ccccc1. The number of nitrogens with one attached hydrogen (secondary N) is 2. The Morgan fingerprint density at radius 1 is 0.719 bits per heavy atom. The second-order valence-electron chi connectivity index (χ2n) is 6.93. The summed E-state index contributed by atoms with van der Waals surface area (Å²) in [6.45, 7) is 4.15. The summed E-state index contributed by atoms with van der Waals surface area (Å²) in [5.74, 6) is 11.0. The van der Waals surface area contributed by atoms with Crippen LogP contribution in [0.15, 0.2) is 60.7 Å². The van der Waals surface area contributed by atoms with Crippen LogP contribution in [0.3, 0.4) is 0 Å². The number of ether oxygens (including phenoxy) is 2. The highest BCUT2D eigenvalue weighted by Crippen LogP contribution is 2.11. The van der Waals surface area contributed by atoms with Gasteiger partial charge >= 0.3 is 12.2 Å². The standard InChI is InChI=1S/C26H28N2O4/c1-21(23-15-9-7-10-16-23)27-25(29)31-19-13-5-3-4-6-14-20-32-26(30)28-22(2)24-17-11-8-12-18-24/h7-12,15-18,21-22H,13-14,19-20H2,1-2H3,(H,27,29)(H,28,30)/t21-,22-/m0/s1. The summed E-state index contributed by atoms with van der Waals surface area (Å²) in [5.41, 5.74) is 2.01. The molecule has 2 aromatic rings. The second kappa shape index (κ2) is 14.2. The van der Waals surface area contributed by atoms with Gasteiger partial charge in [-0.15, -0.1) is 0 Å². The zero-order valence-electron chi connectivity index (χ0n) is 18.4. The van der Waals surface area contributed by atoms with E-state index < -0.39 is 12.2 Å². The number of carbonyl (C=O) groups excluding carboxylic acids is 2. The van der Waals surface area contributed by atoms with Gasteiger partial charge in [-0.25, -0.2) is 9.59 Å². The highest BCUT2D eigenvalue weighted by molar-refractivity contribution is 5.68. The second-order valence-corrected chi connectivity index (χ2v) is 6.93. The quantitative estimate of drug-likeness (QED) is 0.466. The van der Waals surface area contributed by atoms with Gasteiger partial charge in [0.1, 0.15) is 13.2 Å². The number of alkyl carbamates (subject to hydrolysis) is 2. The lowest BCUT2D eigenvalue weighted by atomic mass is 10.1. The molecule has 0 unspecified atom stereocenters. The minimum atomic E-state index is -0.480. The first-order valence-electron chi connectivity index (χ1n) is 10.5. The summed E-state index contributed by atoms with van der Waals surface area (Å²) in [7, 11) is 0. The van der Waals surface area contributed by atoms with Crippen LogP contribution in [0.5, 0.6) is 0 Å². The molecular weight excluding hydrogens is 404 g/mol. The molecule has 2 aromatic carbocycles. The van der Waals surface area contributed by atoms with Gasteiger partial charge in [-0.2, -0.15) is 0 Å². The molecule has 0 spiro atoms. The van der Waals surface area contributed by atoms with Crippen molar-refractivity contribution in [2.24, 2.45) is 0 Å². The van der Waals surface area contributed by atoms with Crippen LogP contribution in [0, 0.1) is 23.7 Å². The van der Waals surface area contributed by atoms with E-state index >= 15 is 0 Å². The van der Waals surface area contributed by atoms with Crippen LogP contribution < -0.4 is 10.6 Å². The molecule has 2 rings (SSSR count). The van der Waals surface area contributed by atoms with Crippen molar-refractivity contribution in [3.8, 4) is 23.7 Å². The van der Waals surface area contributed by atoms with Gasteiger partial charge in [-0.05, 0) is 36.8 Å². The first kappa shape index (κ1) is 24.4. The van der Waals surface area contributed by atoms with Crippen LogP contribution >= 0.6 is 0 Å². The van der Waals surface area contributed by atoms with Crippen molar-refractivity contribution >= 4 is 12.2 Å². The maximum Gasteiger partial charge on any atom is 0.407 e. The Morgan fingerprint density at radius 3 is 1.47 bits per heavy atom. The smallest absolute Gasteiger partial charge is 0.407 e. The van der Waals surface area contributed by atoms with Gasteiger partial charge < -0.3 is 20.1 Å². The van der Waals surface area contributed by atoms with Crippen LogP contribution in [0.4, 0.5) is 9.59 Å². The van der Waals surface area contributed by atoms with Crippen LogP contribution in [0.1, 0.15) is 49.9 Å². The van der Waals surface area contributed by atoms with Gasteiger partial charge in [0.2, 0.25) is 0 Å². The van der Waals surface area contributed by atoms with Crippen molar-refractivity contribution in [2.75, 3.05) is 13.2 Å². The van der Waals surface area contributed by atoms with Gasteiger partial charge in [0, 0.05) is 12.8 Å². The Bertz CT molecular complexity index is 887. The first-order chi connectivity index (χ1) is 15.6. The monoisotopic (exact) mass is 432 g/mol. The van der Waals surface area contributed by atoms with Crippen molar-refractivity contribution in [2.45, 2.75) is 38.8 Å². The lowest BCUT2D eigenvalue weighted by Gasteiger charge is -2.13. The summed E-state index contributed by atoms with van der Waals surface area (Å²) in [6, 6.07) is 19.0. The zero-order chi connectivity index (χ0) is 23.0. The topological polar surface area (TPSA) is 76.7 Å². The lowest BCUT2D eigenvalue weighted by molar-refractivity contribution is 0.144. The van der Waals surface area contributed by atoms with Gasteiger partial charge in [0.05, 0.1) is 12.1 Å². The van der Waals surface area contributed by atoms with Gasteiger partial charge in [-0.3, -0.25) is 0 Å². The molecule has 0 aliphatic heterocycles. The molecule has 0 aliphatic carbocycles. The molecule has 0 saturated heterocycles. The fraction of sp³-hybridized carbons (Fsp3) is 0.308. The molecule has 0 heterocycles. The summed E-state index contributed by atoms with van der Waals surface area (Å²) in [6.07, 6.45) is -0.187. The highest BCUT2D eigenvalue weighted by Gasteiger charge is 2.10. The van der Waals surface area contributed by atoms with Gasteiger partial charge in [0.15, 0.2) is 0 Å². The molecule has 2 amide bonds. The van der Waals surface area contributed by atoms with E-state index in [1.54, 1.807) is 0 Å². The summed E-state index contributed by atoms with van der Waals surface area (Å²) in [4.78, 5) is 23.6. The molecule has 6 heteroatoms. The maximum absolute atomic E-state index is 11.8. The van der Waals surface area contributed by atoms with Crippen LogP contribution in [0.2, 0.25) is 0 Å². The van der Waals surface area contributed by atoms with E-state index in [2.05, 4.69) is 34.3 Å². The van der Waals surface area contributed by atoms with E-state index in [0.29, 0.717) is 12.8 Å². The minimum absolute atomic E-state index is 0.133. The van der Waals surface area contributed by atoms with E-state index in [1.807, 2.05) is 74.5 Å². The predicted molar refractivity (Wildman–Crippen MR) is 123 cm³/mol. The summed E-state index contributed by atoms with van der Waals surface area (Å²) < 4.78 is 10.2. The summed E-state index contributed by atoms with van der Waals surface area (Å²) in [5, 5.41) is 5.54. The lowest BCUT2D eigenvalue weighted by Crippen LogP contribution is -2.27. The van der Waals surface area contributed by atoms with Crippen molar-refractivity contribution in [3.05, 3.63) is 71.8 Å². The molecule has 0 aromatic heterocycles. The summed E-state index contributed by atoms with van der Waals surface area (Å²) >= 11 is 0. The molecule has 0 saturated carbocycles. The Hall–Kier alpha value is -3.90.